The van der Waals surface area contributed by atoms with Gasteiger partial charge in [0.05, 0.1) is 38.2 Å². The average molecular weight is 771 g/mol. The molecule has 2 fully saturated rings. The van der Waals surface area contributed by atoms with Crippen molar-refractivity contribution in [2.24, 2.45) is 5.41 Å². The van der Waals surface area contributed by atoms with Gasteiger partial charge in [0, 0.05) is 66.6 Å². The Balaban J connectivity index is 1.29. The number of rotatable bonds is 12. The molecule has 0 bridgehead atoms. The van der Waals surface area contributed by atoms with E-state index in [4.69, 9.17) is 19.2 Å². The molecule has 1 saturated heterocycles. The van der Waals surface area contributed by atoms with E-state index in [1.807, 2.05) is 81.7 Å². The number of anilines is 1. The van der Waals surface area contributed by atoms with E-state index >= 15 is 4.39 Å². The zero-order valence-electron chi connectivity index (χ0n) is 33.8. The lowest BCUT2D eigenvalue weighted by Gasteiger charge is -2.42. The number of methoxy groups -OCH3 is 1. The second-order valence-electron chi connectivity index (χ2n) is 17.3. The van der Waals surface area contributed by atoms with Crippen LogP contribution in [0.1, 0.15) is 147 Å². The van der Waals surface area contributed by atoms with Crippen molar-refractivity contribution in [3.63, 3.8) is 0 Å². The van der Waals surface area contributed by atoms with Gasteiger partial charge in [0.2, 0.25) is 11.9 Å². The minimum Gasteiger partial charge on any atom is -0.497 e. The zero-order chi connectivity index (χ0) is 39.6. The number of hydrogen-bond donors (Lipinski definition) is 0. The van der Waals surface area contributed by atoms with Crippen molar-refractivity contribution in [2.75, 3.05) is 25.1 Å². The van der Waals surface area contributed by atoms with Gasteiger partial charge in [0.1, 0.15) is 5.75 Å². The van der Waals surface area contributed by atoms with Gasteiger partial charge in [-0.3, -0.25) is 4.98 Å². The first-order chi connectivity index (χ1) is 26.8. The summed E-state index contributed by atoms with van der Waals surface area (Å²) >= 11 is 0. The number of nitrogens with zero attached hydrogens (tertiary/aromatic N) is 4. The van der Waals surface area contributed by atoms with Crippen molar-refractivity contribution in [1.82, 2.24) is 15.0 Å². The number of aromatic nitrogens is 3. The van der Waals surface area contributed by atoms with Gasteiger partial charge in [-0.25, -0.2) is 23.1 Å². The Labute approximate surface area is 330 Å². The highest BCUT2D eigenvalue weighted by atomic mass is 19.3. The predicted molar refractivity (Wildman–Crippen MR) is 213 cm³/mol. The van der Waals surface area contributed by atoms with Gasteiger partial charge >= 0.3 is 0 Å². The third kappa shape index (κ3) is 9.23. The molecule has 56 heavy (non-hydrogen) atoms. The van der Waals surface area contributed by atoms with Crippen LogP contribution in [0.25, 0.3) is 0 Å². The lowest BCUT2D eigenvalue weighted by molar-refractivity contribution is -0.0390. The number of ether oxygens (including phenoxy) is 3. The molecular weight excluding hydrogens is 714 g/mol. The highest BCUT2D eigenvalue weighted by molar-refractivity contribution is 5.51. The fourth-order valence-corrected chi connectivity index (χ4v) is 8.84. The van der Waals surface area contributed by atoms with Gasteiger partial charge in [-0.05, 0) is 99.5 Å². The fourth-order valence-electron chi connectivity index (χ4n) is 8.84. The van der Waals surface area contributed by atoms with E-state index < -0.39 is 12.1 Å². The van der Waals surface area contributed by atoms with Crippen LogP contribution in [0, 0.1) is 12.3 Å². The largest absolute Gasteiger partial charge is 0.497 e. The number of piperidine rings is 1. The van der Waals surface area contributed by atoms with E-state index in [0.29, 0.717) is 62.6 Å². The minimum absolute atomic E-state index is 0.0264. The molecule has 2 aromatic heterocycles. The van der Waals surface area contributed by atoms with Gasteiger partial charge < -0.3 is 19.1 Å². The Bertz CT molecular complexity index is 1920. The maximum atomic E-state index is 17.8. The highest BCUT2D eigenvalue weighted by Gasteiger charge is 2.44. The van der Waals surface area contributed by atoms with Crippen molar-refractivity contribution in [3.8, 4) is 5.75 Å². The average Bonchev–Trinajstić information content (AvgIpc) is 3.18. The number of aryl methyl sites for hydroxylation is 1. The quantitative estimate of drug-likeness (QED) is 0.142. The van der Waals surface area contributed by atoms with E-state index in [2.05, 4.69) is 28.7 Å². The number of benzene rings is 2. The Hall–Kier alpha value is -4.02. The van der Waals surface area contributed by atoms with Crippen LogP contribution in [-0.4, -0.2) is 47.2 Å². The second kappa shape index (κ2) is 16.8. The number of hydrogen-bond acceptors (Lipinski definition) is 7. The molecule has 0 N–H and O–H groups in total. The fraction of sp³-hybridized carbons (Fsp3) is 0.543. The van der Waals surface area contributed by atoms with Gasteiger partial charge in [0.25, 0.3) is 0 Å². The van der Waals surface area contributed by atoms with E-state index in [-0.39, 0.29) is 42.3 Å². The van der Waals surface area contributed by atoms with Gasteiger partial charge in [-0.1, -0.05) is 55.8 Å². The third-order valence-corrected chi connectivity index (χ3v) is 11.9. The van der Waals surface area contributed by atoms with Crippen LogP contribution in [0.5, 0.6) is 5.75 Å². The van der Waals surface area contributed by atoms with Crippen LogP contribution in [0.15, 0.2) is 60.9 Å². The molecule has 2 unspecified atom stereocenters. The monoisotopic (exact) mass is 770 g/mol. The zero-order valence-corrected chi connectivity index (χ0v) is 33.8. The summed E-state index contributed by atoms with van der Waals surface area (Å²) in [5, 5.41) is 0. The maximum absolute atomic E-state index is 17.8. The molecule has 7 nitrogen and oxygen atoms in total. The first-order valence-electron chi connectivity index (χ1n) is 20.4. The highest BCUT2D eigenvalue weighted by Crippen LogP contribution is 2.53. The third-order valence-electron chi connectivity index (χ3n) is 11.9. The number of pyridine rings is 1. The summed E-state index contributed by atoms with van der Waals surface area (Å²) in [6.45, 7) is 12.7. The van der Waals surface area contributed by atoms with Crippen molar-refractivity contribution >= 4 is 5.95 Å². The van der Waals surface area contributed by atoms with E-state index in [1.165, 1.54) is 0 Å². The molecule has 2 aliphatic carbocycles. The van der Waals surface area contributed by atoms with Crippen LogP contribution >= 0.6 is 0 Å². The molecule has 0 radical (unpaired) electrons. The molecule has 0 amide bonds. The molecule has 300 valence electrons. The Morgan fingerprint density at radius 3 is 2.12 bits per heavy atom. The molecule has 4 aromatic rings. The van der Waals surface area contributed by atoms with Gasteiger partial charge in [-0.2, -0.15) is 0 Å². The second-order valence-corrected chi connectivity index (χ2v) is 17.3. The molecular formula is C46H57F3N4O3. The summed E-state index contributed by atoms with van der Waals surface area (Å²) in [6, 6.07) is 15.4. The predicted octanol–water partition coefficient (Wildman–Crippen LogP) is 11.1. The lowest BCUT2D eigenvalue weighted by Crippen LogP contribution is -2.36. The number of fused-ring (bicyclic) bond motifs is 1. The van der Waals surface area contributed by atoms with Crippen molar-refractivity contribution < 1.29 is 27.4 Å². The van der Waals surface area contributed by atoms with Crippen LogP contribution in [0.4, 0.5) is 19.1 Å². The minimum atomic E-state index is -2.72. The van der Waals surface area contributed by atoms with Crippen molar-refractivity contribution in [2.45, 2.75) is 135 Å². The topological polar surface area (TPSA) is 69.6 Å². The molecule has 7 rings (SSSR count). The molecule has 1 aliphatic heterocycles. The first kappa shape index (κ1) is 40.2. The number of halogens is 3. The maximum Gasteiger partial charge on any atom is 0.248 e. The Morgan fingerprint density at radius 1 is 0.839 bits per heavy atom. The van der Waals surface area contributed by atoms with Crippen LogP contribution < -0.4 is 9.64 Å². The summed E-state index contributed by atoms with van der Waals surface area (Å²) in [5.74, 6) is -1.55. The van der Waals surface area contributed by atoms with Gasteiger partial charge in [-0.15, -0.1) is 0 Å². The van der Waals surface area contributed by atoms with E-state index in [1.54, 1.807) is 7.11 Å². The summed E-state index contributed by atoms with van der Waals surface area (Å²) in [4.78, 5) is 17.0. The summed E-state index contributed by atoms with van der Waals surface area (Å²) in [6.07, 6.45) is 4.98. The molecule has 3 heterocycles. The molecule has 1 saturated carbocycles. The smallest absolute Gasteiger partial charge is 0.248 e. The van der Waals surface area contributed by atoms with E-state index in [0.717, 1.165) is 64.2 Å². The molecule has 3 aliphatic rings. The SMILES string of the molecule is COc1ccc(COC2CC(C)(C)Cc3nc(C4CCN(c5ncc(COC(C)C)cn5)CC4)c(C(F)c4ccc(C)cc4)c(C4CCC(F)(F)CC4)c32)cc1. The van der Waals surface area contributed by atoms with Crippen molar-refractivity contribution in [3.05, 3.63) is 111 Å². The first-order valence-corrected chi connectivity index (χ1v) is 20.4. The lowest BCUT2D eigenvalue weighted by atomic mass is 9.68. The number of alkyl halides is 3. The summed E-state index contributed by atoms with van der Waals surface area (Å²) in [5.41, 5.74) is 7.45. The van der Waals surface area contributed by atoms with E-state index in [9.17, 15) is 8.78 Å². The standard InChI is InChI=1S/C46H57F3N4O3/c1-29(2)55-28-32-25-50-44(51-26-32)53-21-17-35(18-22-53)43-41(42(47)34-11-7-30(3)8-12-34)39(33-15-19-46(48,49)20-16-33)40-37(52-43)23-45(4,5)24-38(40)56-27-31-9-13-36(54-6)14-10-31/h7-14,25-26,29,33,35,38,42H,15-24,27-28H2,1-6H3. The summed E-state index contributed by atoms with van der Waals surface area (Å²) in [7, 11) is 1.64. The Kier molecular flexibility index (Phi) is 12.1. The van der Waals surface area contributed by atoms with Crippen LogP contribution in [0.2, 0.25) is 0 Å². The van der Waals surface area contributed by atoms with Crippen LogP contribution in [0.3, 0.4) is 0 Å². The van der Waals surface area contributed by atoms with Crippen LogP contribution in [-0.2, 0) is 29.1 Å². The molecule has 2 atom stereocenters. The molecule has 10 heteroatoms. The van der Waals surface area contributed by atoms with Gasteiger partial charge in [0.15, 0.2) is 6.17 Å². The normalized spacial score (nSPS) is 20.5. The molecule has 2 aromatic carbocycles. The molecule has 0 spiro atoms. The Morgan fingerprint density at radius 2 is 1.50 bits per heavy atom. The summed E-state index contributed by atoms with van der Waals surface area (Å²) < 4.78 is 65.4. The van der Waals surface area contributed by atoms with Crippen molar-refractivity contribution in [1.29, 1.82) is 0 Å².